The summed E-state index contributed by atoms with van der Waals surface area (Å²) < 4.78 is 5.67. The first-order chi connectivity index (χ1) is 11.7. The van der Waals surface area contributed by atoms with Crippen LogP contribution in [0.15, 0.2) is 24.3 Å². The lowest BCUT2D eigenvalue weighted by Gasteiger charge is -2.38. The number of likely N-dealkylation sites (N-methyl/N-ethyl adjacent to an activating group) is 1. The molecule has 5 nitrogen and oxygen atoms in total. The molecule has 2 fully saturated rings. The molecule has 0 bridgehead atoms. The standard InChI is InChI=1S/C20H30N2O3/c1-19(2,24)11-9-16-5-7-17(8-6-16)13-22-12-4-10-20(15-22)14-21(3)18(23)25-20/h5-8,24H,4,9-15H2,1-3H3/t20-/m0/s1. The number of benzene rings is 1. The zero-order valence-electron chi connectivity index (χ0n) is 15.6. The third-order valence-electron chi connectivity index (χ3n) is 5.21. The minimum atomic E-state index is -0.618. The van der Waals surface area contributed by atoms with Crippen LogP contribution < -0.4 is 0 Å². The normalized spacial score (nSPS) is 24.8. The zero-order chi connectivity index (χ0) is 18.1. The molecule has 0 aliphatic carbocycles. The number of rotatable bonds is 5. The van der Waals surface area contributed by atoms with Crippen LogP contribution in [0, 0.1) is 0 Å². The Labute approximate surface area is 150 Å². The molecule has 1 atom stereocenters. The van der Waals surface area contributed by atoms with E-state index in [9.17, 15) is 9.90 Å². The number of carbonyl (C=O) groups is 1. The third-order valence-corrected chi connectivity index (χ3v) is 5.21. The van der Waals surface area contributed by atoms with Gasteiger partial charge in [0.2, 0.25) is 0 Å². The molecule has 138 valence electrons. The first kappa shape index (κ1) is 18.2. The van der Waals surface area contributed by atoms with Gasteiger partial charge in [-0.3, -0.25) is 4.90 Å². The van der Waals surface area contributed by atoms with E-state index < -0.39 is 5.60 Å². The van der Waals surface area contributed by atoms with Gasteiger partial charge in [0.15, 0.2) is 0 Å². The van der Waals surface area contributed by atoms with Crippen LogP contribution in [0.1, 0.15) is 44.2 Å². The number of aryl methyl sites for hydroxylation is 1. The maximum Gasteiger partial charge on any atom is 0.410 e. The van der Waals surface area contributed by atoms with Crippen LogP contribution >= 0.6 is 0 Å². The predicted octanol–water partition coefficient (Wildman–Crippen LogP) is 2.81. The molecule has 2 heterocycles. The van der Waals surface area contributed by atoms with E-state index in [2.05, 4.69) is 29.2 Å². The minimum absolute atomic E-state index is 0.196. The van der Waals surface area contributed by atoms with Crippen molar-refractivity contribution in [3.63, 3.8) is 0 Å². The van der Waals surface area contributed by atoms with Gasteiger partial charge in [-0.1, -0.05) is 24.3 Å². The Kier molecular flexibility index (Phi) is 5.07. The van der Waals surface area contributed by atoms with Gasteiger partial charge in [0.05, 0.1) is 12.1 Å². The summed E-state index contributed by atoms with van der Waals surface area (Å²) in [7, 11) is 1.81. The van der Waals surface area contributed by atoms with Crippen LogP contribution in [0.5, 0.6) is 0 Å². The average molecular weight is 346 g/mol. The maximum absolute atomic E-state index is 11.7. The van der Waals surface area contributed by atoms with Gasteiger partial charge in [0.1, 0.15) is 5.60 Å². The van der Waals surface area contributed by atoms with E-state index in [4.69, 9.17) is 4.74 Å². The highest BCUT2D eigenvalue weighted by atomic mass is 16.6. The molecule has 2 aliphatic heterocycles. The van der Waals surface area contributed by atoms with Gasteiger partial charge in [-0.25, -0.2) is 4.79 Å². The van der Waals surface area contributed by atoms with E-state index in [1.165, 1.54) is 11.1 Å². The molecule has 1 aromatic carbocycles. The first-order valence-electron chi connectivity index (χ1n) is 9.21. The Morgan fingerprint density at radius 2 is 1.88 bits per heavy atom. The van der Waals surface area contributed by atoms with Gasteiger partial charge in [-0.2, -0.15) is 0 Å². The van der Waals surface area contributed by atoms with Gasteiger partial charge in [-0.05, 0) is 57.2 Å². The second-order valence-electron chi connectivity index (χ2n) is 8.35. The number of nitrogens with zero attached hydrogens (tertiary/aromatic N) is 2. The lowest BCUT2D eigenvalue weighted by atomic mass is 9.92. The van der Waals surface area contributed by atoms with Crippen LogP contribution in [0.2, 0.25) is 0 Å². The zero-order valence-corrected chi connectivity index (χ0v) is 15.6. The predicted molar refractivity (Wildman–Crippen MR) is 97.4 cm³/mol. The van der Waals surface area contributed by atoms with Gasteiger partial charge >= 0.3 is 6.09 Å². The second-order valence-corrected chi connectivity index (χ2v) is 8.35. The Bertz CT molecular complexity index is 608. The van der Waals surface area contributed by atoms with E-state index in [1.807, 2.05) is 20.9 Å². The number of piperidine rings is 1. The average Bonchev–Trinajstić information content (AvgIpc) is 2.79. The van der Waals surface area contributed by atoms with Gasteiger partial charge < -0.3 is 14.7 Å². The van der Waals surface area contributed by atoms with Crippen LogP contribution in [-0.4, -0.2) is 58.9 Å². The summed E-state index contributed by atoms with van der Waals surface area (Å²) in [4.78, 5) is 15.8. The van der Waals surface area contributed by atoms with Crippen molar-refractivity contribution in [1.29, 1.82) is 0 Å². The Balaban J connectivity index is 1.56. The number of ether oxygens (including phenoxy) is 1. The van der Waals surface area contributed by atoms with Crippen molar-refractivity contribution in [3.8, 4) is 0 Å². The SMILES string of the molecule is CN1C[C@]2(CCCN(Cc3ccc(CCC(C)(C)O)cc3)C2)OC1=O. The Morgan fingerprint density at radius 1 is 1.20 bits per heavy atom. The molecule has 3 rings (SSSR count). The highest BCUT2D eigenvalue weighted by Gasteiger charge is 2.46. The fourth-order valence-electron chi connectivity index (χ4n) is 3.85. The summed E-state index contributed by atoms with van der Waals surface area (Å²) in [5.41, 5.74) is 1.60. The molecule has 5 heteroatoms. The fourth-order valence-corrected chi connectivity index (χ4v) is 3.85. The smallest absolute Gasteiger partial charge is 0.410 e. The van der Waals surface area contributed by atoms with E-state index in [0.717, 1.165) is 45.3 Å². The molecule has 1 spiro atoms. The molecule has 1 aromatic rings. The number of hydrogen-bond acceptors (Lipinski definition) is 4. The lowest BCUT2D eigenvalue weighted by molar-refractivity contribution is -0.0113. The molecular formula is C20H30N2O3. The van der Waals surface area contributed by atoms with Crippen molar-refractivity contribution in [3.05, 3.63) is 35.4 Å². The van der Waals surface area contributed by atoms with Crippen molar-refractivity contribution in [1.82, 2.24) is 9.80 Å². The van der Waals surface area contributed by atoms with E-state index >= 15 is 0 Å². The summed E-state index contributed by atoms with van der Waals surface area (Å²) in [6.45, 7) is 7.13. The summed E-state index contributed by atoms with van der Waals surface area (Å²) >= 11 is 0. The highest BCUT2D eigenvalue weighted by Crippen LogP contribution is 2.32. The largest absolute Gasteiger partial charge is 0.440 e. The molecule has 1 N–H and O–H groups in total. The molecule has 0 unspecified atom stereocenters. The fraction of sp³-hybridized carbons (Fsp3) is 0.650. The molecule has 0 radical (unpaired) electrons. The first-order valence-corrected chi connectivity index (χ1v) is 9.21. The van der Waals surface area contributed by atoms with Crippen LogP contribution in [0.3, 0.4) is 0 Å². The lowest BCUT2D eigenvalue weighted by Crippen LogP contribution is -2.50. The molecule has 2 saturated heterocycles. The van der Waals surface area contributed by atoms with Crippen molar-refractivity contribution in [2.75, 3.05) is 26.7 Å². The molecule has 0 aromatic heterocycles. The van der Waals surface area contributed by atoms with Gasteiger partial charge in [0.25, 0.3) is 0 Å². The summed E-state index contributed by atoms with van der Waals surface area (Å²) in [6.07, 6.45) is 3.47. The number of aliphatic hydroxyl groups is 1. The van der Waals surface area contributed by atoms with Crippen molar-refractivity contribution in [2.45, 2.75) is 57.3 Å². The molecule has 2 aliphatic rings. The van der Waals surface area contributed by atoms with E-state index in [0.29, 0.717) is 6.54 Å². The minimum Gasteiger partial charge on any atom is -0.440 e. The van der Waals surface area contributed by atoms with Crippen molar-refractivity contribution in [2.24, 2.45) is 0 Å². The quantitative estimate of drug-likeness (QED) is 0.891. The number of hydrogen-bond donors (Lipinski definition) is 1. The molecule has 1 amide bonds. The van der Waals surface area contributed by atoms with E-state index in [-0.39, 0.29) is 11.7 Å². The molecular weight excluding hydrogens is 316 g/mol. The summed E-state index contributed by atoms with van der Waals surface area (Å²) in [5.74, 6) is 0. The van der Waals surface area contributed by atoms with Crippen molar-refractivity contribution < 1.29 is 14.6 Å². The van der Waals surface area contributed by atoms with E-state index in [1.54, 1.807) is 4.90 Å². The van der Waals surface area contributed by atoms with Gasteiger partial charge in [0, 0.05) is 20.1 Å². The summed E-state index contributed by atoms with van der Waals surface area (Å²) in [6, 6.07) is 8.66. The number of carbonyl (C=O) groups excluding carboxylic acids is 1. The monoisotopic (exact) mass is 346 g/mol. The van der Waals surface area contributed by atoms with Crippen LogP contribution in [0.25, 0.3) is 0 Å². The number of likely N-dealkylation sites (tertiary alicyclic amines) is 1. The van der Waals surface area contributed by atoms with Crippen LogP contribution in [0.4, 0.5) is 4.79 Å². The topological polar surface area (TPSA) is 53.0 Å². The maximum atomic E-state index is 11.7. The Hall–Kier alpha value is -1.59. The molecule has 25 heavy (non-hydrogen) atoms. The van der Waals surface area contributed by atoms with Gasteiger partial charge in [-0.15, -0.1) is 0 Å². The summed E-state index contributed by atoms with van der Waals surface area (Å²) in [5, 5.41) is 9.84. The van der Waals surface area contributed by atoms with Crippen molar-refractivity contribution >= 4 is 6.09 Å². The number of amides is 1. The molecule has 0 saturated carbocycles. The van der Waals surface area contributed by atoms with Crippen LogP contribution in [-0.2, 0) is 17.7 Å². The second kappa shape index (κ2) is 6.96. The third kappa shape index (κ3) is 4.73. The highest BCUT2D eigenvalue weighted by molar-refractivity contribution is 5.70. The Morgan fingerprint density at radius 3 is 2.48 bits per heavy atom.